The predicted octanol–water partition coefficient (Wildman–Crippen LogP) is 3.38. The van der Waals surface area contributed by atoms with E-state index in [1.165, 1.54) is 13.2 Å². The number of hydrogen-bond donors (Lipinski definition) is 1. The lowest BCUT2D eigenvalue weighted by Gasteiger charge is -2.24. The maximum atomic E-state index is 13.9. The minimum Gasteiger partial charge on any atom is -0.481 e. The van der Waals surface area contributed by atoms with Gasteiger partial charge in [-0.05, 0) is 17.7 Å². The number of hydrogen-bond acceptors (Lipinski definition) is 2. The van der Waals surface area contributed by atoms with Gasteiger partial charge in [-0.25, -0.2) is 4.39 Å². The average Bonchev–Trinajstić information content (AvgIpc) is 2.21. The van der Waals surface area contributed by atoms with E-state index in [1.807, 2.05) is 0 Å². The number of aliphatic carboxylic acids is 1. The first-order chi connectivity index (χ1) is 8.27. The van der Waals surface area contributed by atoms with Gasteiger partial charge in [-0.1, -0.05) is 25.4 Å². The largest absolute Gasteiger partial charge is 0.481 e. The molecular weight excluding hydrogens is 259 g/mol. The van der Waals surface area contributed by atoms with Crippen molar-refractivity contribution in [1.82, 2.24) is 0 Å². The Kier molecular flexibility index (Phi) is 4.71. The minimum atomic E-state index is -0.933. The normalized spacial score (nSPS) is 11.6. The second kappa shape index (κ2) is 5.67. The summed E-state index contributed by atoms with van der Waals surface area (Å²) in [5, 5.41) is 9.10. The Bertz CT molecular complexity index is 435. The Morgan fingerprint density at radius 3 is 2.56 bits per heavy atom. The molecule has 0 radical (unpaired) electrons. The van der Waals surface area contributed by atoms with Crippen LogP contribution in [0.25, 0.3) is 0 Å². The summed E-state index contributed by atoms with van der Waals surface area (Å²) < 4.78 is 18.7. The van der Waals surface area contributed by atoms with Crippen molar-refractivity contribution in [3.05, 3.63) is 34.1 Å². The summed E-state index contributed by atoms with van der Waals surface area (Å²) in [7, 11) is 1.46. The molecule has 3 nitrogen and oxygen atoms in total. The Morgan fingerprint density at radius 2 is 2.11 bits per heavy atom. The standard InChI is InChI=1S/C13H16ClFO3/c1-13(2,6-12(16)17)8-4-10(14)9(7-18-3)11(15)5-8/h4-5H,6-7H2,1-3H3,(H,16,17). The molecule has 5 heteroatoms. The zero-order chi connectivity index (χ0) is 13.9. The molecule has 0 aromatic heterocycles. The van der Waals surface area contributed by atoms with E-state index in [9.17, 15) is 9.18 Å². The van der Waals surface area contributed by atoms with Gasteiger partial charge < -0.3 is 9.84 Å². The highest BCUT2D eigenvalue weighted by molar-refractivity contribution is 6.31. The fraction of sp³-hybridized carbons (Fsp3) is 0.462. The number of methoxy groups -OCH3 is 1. The lowest BCUT2D eigenvalue weighted by atomic mass is 9.81. The number of halogens is 2. The number of carbonyl (C=O) groups is 1. The zero-order valence-corrected chi connectivity index (χ0v) is 11.3. The van der Waals surface area contributed by atoms with Gasteiger partial charge in [0.25, 0.3) is 0 Å². The monoisotopic (exact) mass is 274 g/mol. The van der Waals surface area contributed by atoms with Crippen LogP contribution in [0.4, 0.5) is 4.39 Å². The van der Waals surface area contributed by atoms with Crippen LogP contribution in [0, 0.1) is 5.82 Å². The molecule has 0 aliphatic rings. The Morgan fingerprint density at radius 1 is 1.50 bits per heavy atom. The van der Waals surface area contributed by atoms with E-state index in [2.05, 4.69) is 0 Å². The first-order valence-electron chi connectivity index (χ1n) is 5.47. The summed E-state index contributed by atoms with van der Waals surface area (Å²) in [4.78, 5) is 10.8. The quantitative estimate of drug-likeness (QED) is 0.895. The van der Waals surface area contributed by atoms with E-state index >= 15 is 0 Å². The van der Waals surface area contributed by atoms with Crippen molar-refractivity contribution < 1.29 is 19.0 Å². The molecule has 100 valence electrons. The lowest BCUT2D eigenvalue weighted by molar-refractivity contribution is -0.138. The third kappa shape index (κ3) is 3.43. The van der Waals surface area contributed by atoms with Gasteiger partial charge in [-0.2, -0.15) is 0 Å². The fourth-order valence-electron chi connectivity index (χ4n) is 1.76. The molecule has 0 fully saturated rings. The van der Waals surface area contributed by atoms with Crippen LogP contribution >= 0.6 is 11.6 Å². The molecule has 0 aliphatic heterocycles. The smallest absolute Gasteiger partial charge is 0.304 e. The van der Waals surface area contributed by atoms with Gasteiger partial charge in [-0.3, -0.25) is 4.79 Å². The topological polar surface area (TPSA) is 46.5 Å². The molecule has 0 saturated heterocycles. The van der Waals surface area contributed by atoms with Crippen LogP contribution in [0.15, 0.2) is 12.1 Å². The number of carboxylic acid groups (broad SMARTS) is 1. The van der Waals surface area contributed by atoms with Crippen LogP contribution in [-0.4, -0.2) is 18.2 Å². The first-order valence-corrected chi connectivity index (χ1v) is 5.85. The Hall–Kier alpha value is -1.13. The molecule has 0 aliphatic carbocycles. The molecule has 0 unspecified atom stereocenters. The van der Waals surface area contributed by atoms with Crippen LogP contribution in [0.2, 0.25) is 5.02 Å². The fourth-order valence-corrected chi connectivity index (χ4v) is 2.02. The third-order valence-corrected chi connectivity index (χ3v) is 3.14. The summed E-state index contributed by atoms with van der Waals surface area (Å²) in [5.74, 6) is -1.41. The van der Waals surface area contributed by atoms with Crippen LogP contribution < -0.4 is 0 Å². The minimum absolute atomic E-state index is 0.0876. The SMILES string of the molecule is COCc1c(F)cc(C(C)(C)CC(=O)O)cc1Cl. The van der Waals surface area contributed by atoms with Crippen LogP contribution in [0.1, 0.15) is 31.4 Å². The van der Waals surface area contributed by atoms with Crippen molar-refractivity contribution in [3.63, 3.8) is 0 Å². The molecule has 1 aromatic rings. The van der Waals surface area contributed by atoms with Crippen molar-refractivity contribution >= 4 is 17.6 Å². The first kappa shape index (κ1) is 14.9. The van der Waals surface area contributed by atoms with E-state index in [1.54, 1.807) is 19.9 Å². The van der Waals surface area contributed by atoms with Gasteiger partial charge in [0.05, 0.1) is 13.0 Å². The molecule has 0 amide bonds. The van der Waals surface area contributed by atoms with Crippen molar-refractivity contribution in [3.8, 4) is 0 Å². The molecule has 1 rings (SSSR count). The van der Waals surface area contributed by atoms with E-state index in [0.29, 0.717) is 5.56 Å². The van der Waals surface area contributed by atoms with Crippen molar-refractivity contribution in [2.75, 3.05) is 7.11 Å². The molecule has 1 aromatic carbocycles. The van der Waals surface area contributed by atoms with E-state index in [0.717, 1.165) is 0 Å². The molecule has 18 heavy (non-hydrogen) atoms. The lowest BCUT2D eigenvalue weighted by Crippen LogP contribution is -2.22. The molecule has 0 bridgehead atoms. The summed E-state index contributed by atoms with van der Waals surface area (Å²) in [6, 6.07) is 2.92. The molecule has 0 saturated carbocycles. The summed E-state index contributed by atoms with van der Waals surface area (Å²) in [6.07, 6.45) is -0.0909. The summed E-state index contributed by atoms with van der Waals surface area (Å²) in [5.41, 5.74) is 0.170. The highest BCUT2D eigenvalue weighted by Gasteiger charge is 2.26. The molecular formula is C13H16ClFO3. The number of ether oxygens (including phenoxy) is 1. The van der Waals surface area contributed by atoms with E-state index < -0.39 is 17.2 Å². The number of rotatable bonds is 5. The van der Waals surface area contributed by atoms with Gasteiger partial charge in [0, 0.05) is 23.1 Å². The van der Waals surface area contributed by atoms with Gasteiger partial charge >= 0.3 is 5.97 Å². The summed E-state index contributed by atoms with van der Waals surface area (Å²) in [6.45, 7) is 3.56. The second-order valence-electron chi connectivity index (χ2n) is 4.81. The van der Waals surface area contributed by atoms with Gasteiger partial charge in [0.1, 0.15) is 5.82 Å². The van der Waals surface area contributed by atoms with E-state index in [-0.39, 0.29) is 23.6 Å². The molecule has 0 atom stereocenters. The predicted molar refractivity (Wildman–Crippen MR) is 67.4 cm³/mol. The molecule has 0 spiro atoms. The maximum Gasteiger partial charge on any atom is 0.304 e. The van der Waals surface area contributed by atoms with Crippen LogP contribution in [-0.2, 0) is 21.6 Å². The van der Waals surface area contributed by atoms with Crippen LogP contribution in [0.3, 0.4) is 0 Å². The van der Waals surface area contributed by atoms with Crippen molar-refractivity contribution in [1.29, 1.82) is 0 Å². The number of carboxylic acids is 1. The van der Waals surface area contributed by atoms with Crippen molar-refractivity contribution in [2.45, 2.75) is 32.3 Å². The maximum absolute atomic E-state index is 13.9. The highest BCUT2D eigenvalue weighted by Crippen LogP contribution is 2.32. The van der Waals surface area contributed by atoms with Gasteiger partial charge in [0.2, 0.25) is 0 Å². The van der Waals surface area contributed by atoms with E-state index in [4.69, 9.17) is 21.4 Å². The van der Waals surface area contributed by atoms with Crippen LogP contribution in [0.5, 0.6) is 0 Å². The summed E-state index contributed by atoms with van der Waals surface area (Å²) >= 11 is 5.99. The Balaban J connectivity index is 3.16. The van der Waals surface area contributed by atoms with Crippen molar-refractivity contribution in [2.24, 2.45) is 0 Å². The zero-order valence-electron chi connectivity index (χ0n) is 10.6. The number of benzene rings is 1. The third-order valence-electron chi connectivity index (χ3n) is 2.80. The highest BCUT2D eigenvalue weighted by atomic mass is 35.5. The van der Waals surface area contributed by atoms with Gasteiger partial charge in [-0.15, -0.1) is 0 Å². The molecule has 1 N–H and O–H groups in total. The second-order valence-corrected chi connectivity index (χ2v) is 5.21. The molecule has 0 heterocycles. The average molecular weight is 275 g/mol. The van der Waals surface area contributed by atoms with Gasteiger partial charge in [0.15, 0.2) is 0 Å². The Labute approximate surface area is 111 Å².